The highest BCUT2D eigenvalue weighted by atomic mass is 16.6. The second-order valence-corrected chi connectivity index (χ2v) is 17.2. The van der Waals surface area contributed by atoms with Crippen molar-refractivity contribution in [2.45, 2.75) is 149 Å². The van der Waals surface area contributed by atoms with Crippen molar-refractivity contribution in [3.63, 3.8) is 0 Å². The Morgan fingerprint density at radius 3 is 2.34 bits per heavy atom. The van der Waals surface area contributed by atoms with Gasteiger partial charge in [-0.15, -0.1) is 0 Å². The predicted octanol–water partition coefficient (Wildman–Crippen LogP) is 6.97. The molecule has 1 amide bonds. The van der Waals surface area contributed by atoms with Crippen LogP contribution in [-0.4, -0.2) is 65.8 Å². The molecule has 0 aromatic carbocycles. The zero-order valence-electron chi connectivity index (χ0n) is 27.0. The normalized spacial score (nSPS) is 50.3. The predicted molar refractivity (Wildman–Crippen MR) is 158 cm³/mol. The average Bonchev–Trinajstić information content (AvgIpc) is 3.46. The van der Waals surface area contributed by atoms with Crippen molar-refractivity contribution in [2.24, 2.45) is 44.8 Å². The highest BCUT2D eigenvalue weighted by Crippen LogP contribution is 2.89. The van der Waals surface area contributed by atoms with Gasteiger partial charge in [0.05, 0.1) is 17.8 Å². The SMILES string of the molecule is CCO[C@@H](C1CC[C@H]2[C@@H](C[C@@]3(C)C4CC[C@H]5C(C)(C)[C@@H](OC(=O)N6CCC6)CC[C@@]56C[C@@]46CC[C@]23C)O1)C(C)(C)O. The summed E-state index contributed by atoms with van der Waals surface area (Å²) >= 11 is 0. The summed E-state index contributed by atoms with van der Waals surface area (Å²) in [6.45, 7) is 18.2. The molecule has 0 aromatic heterocycles. The molecule has 2 spiro atoms. The van der Waals surface area contributed by atoms with Crippen LogP contribution in [0.3, 0.4) is 0 Å². The van der Waals surface area contributed by atoms with E-state index in [2.05, 4.69) is 27.7 Å². The number of ether oxygens (including phenoxy) is 3. The number of hydrogen-bond acceptors (Lipinski definition) is 5. The van der Waals surface area contributed by atoms with Crippen LogP contribution in [0.1, 0.15) is 119 Å². The fourth-order valence-electron chi connectivity index (χ4n) is 12.8. The van der Waals surface area contributed by atoms with Gasteiger partial charge in [-0.1, -0.05) is 27.7 Å². The number of amides is 1. The van der Waals surface area contributed by atoms with Crippen LogP contribution >= 0.6 is 0 Å². The molecule has 1 N–H and O–H groups in total. The first-order valence-corrected chi connectivity index (χ1v) is 17.2. The Morgan fingerprint density at radius 1 is 0.976 bits per heavy atom. The first-order valence-electron chi connectivity index (χ1n) is 17.2. The number of carbonyl (C=O) groups is 1. The van der Waals surface area contributed by atoms with E-state index in [1.807, 2.05) is 25.7 Å². The van der Waals surface area contributed by atoms with Gasteiger partial charge in [0.15, 0.2) is 0 Å². The van der Waals surface area contributed by atoms with Gasteiger partial charge in [0.2, 0.25) is 0 Å². The first-order chi connectivity index (χ1) is 19.2. The summed E-state index contributed by atoms with van der Waals surface area (Å²) in [6.07, 6.45) is 13.3. The summed E-state index contributed by atoms with van der Waals surface area (Å²) in [5.74, 6) is 2.00. The van der Waals surface area contributed by atoms with E-state index in [9.17, 15) is 9.90 Å². The molecule has 0 bridgehead atoms. The maximum Gasteiger partial charge on any atom is 0.410 e. The molecule has 0 radical (unpaired) electrons. The lowest BCUT2D eigenvalue weighted by Gasteiger charge is -2.63. The summed E-state index contributed by atoms with van der Waals surface area (Å²) in [7, 11) is 0. The molecule has 7 fully saturated rings. The number of hydrogen-bond donors (Lipinski definition) is 1. The summed E-state index contributed by atoms with van der Waals surface area (Å²) in [5.41, 5.74) is 0.601. The van der Waals surface area contributed by atoms with Gasteiger partial charge < -0.3 is 24.2 Å². The largest absolute Gasteiger partial charge is 0.446 e. The standard InChI is InChI=1S/C35H57NO5/c1-8-39-28(31(4,5)38)23-11-10-22-24(40-23)20-33(7)26-13-12-25-30(2,3)27(41-29(37)36-18-9-19-36)14-15-34(25)21-35(26,34)17-16-32(22,33)6/h22-28,38H,8-21H2,1-7H3/t22-,23?,24+,25-,26?,27-,28-,32+,33-,34+,35-/m0/s1. The van der Waals surface area contributed by atoms with Gasteiger partial charge in [0, 0.05) is 25.1 Å². The number of rotatable bonds is 5. The zero-order chi connectivity index (χ0) is 29.2. The van der Waals surface area contributed by atoms with Gasteiger partial charge in [0.1, 0.15) is 12.2 Å². The molecule has 6 nitrogen and oxygen atoms in total. The number of aliphatic hydroxyl groups is 1. The lowest BCUT2D eigenvalue weighted by atomic mass is 9.42. The van der Waals surface area contributed by atoms with E-state index in [0.29, 0.717) is 34.7 Å². The first kappa shape index (κ1) is 28.9. The van der Waals surface area contributed by atoms with Crippen LogP contribution in [0.4, 0.5) is 4.79 Å². The lowest BCUT2D eigenvalue weighted by molar-refractivity contribution is -0.194. The third-order valence-corrected chi connectivity index (χ3v) is 15.1. The minimum absolute atomic E-state index is 0.0281. The van der Waals surface area contributed by atoms with Crippen LogP contribution in [-0.2, 0) is 14.2 Å². The Morgan fingerprint density at radius 2 is 1.68 bits per heavy atom. The van der Waals surface area contributed by atoms with Crippen molar-refractivity contribution in [1.29, 1.82) is 0 Å². The molecular weight excluding hydrogens is 514 g/mol. The highest BCUT2D eigenvalue weighted by Gasteiger charge is 2.83. The fourth-order valence-corrected chi connectivity index (χ4v) is 12.8. The van der Waals surface area contributed by atoms with Crippen molar-refractivity contribution >= 4 is 6.09 Å². The third kappa shape index (κ3) is 3.74. The van der Waals surface area contributed by atoms with Crippen molar-refractivity contribution < 1.29 is 24.1 Å². The van der Waals surface area contributed by atoms with Crippen LogP contribution in [0.2, 0.25) is 0 Å². The van der Waals surface area contributed by atoms with E-state index in [-0.39, 0.29) is 41.3 Å². The molecule has 2 heterocycles. The Hall–Kier alpha value is -0.850. The van der Waals surface area contributed by atoms with Crippen LogP contribution in [0, 0.1) is 44.8 Å². The Kier molecular flexibility index (Phi) is 6.41. The average molecular weight is 572 g/mol. The molecule has 6 heteroatoms. The summed E-state index contributed by atoms with van der Waals surface area (Å²) in [5, 5.41) is 10.9. The molecule has 2 saturated heterocycles. The van der Waals surface area contributed by atoms with Gasteiger partial charge in [-0.2, -0.15) is 0 Å². The van der Waals surface area contributed by atoms with E-state index in [4.69, 9.17) is 14.2 Å². The zero-order valence-corrected chi connectivity index (χ0v) is 27.0. The second-order valence-electron chi connectivity index (χ2n) is 17.2. The molecule has 0 aromatic rings. The molecule has 11 atom stereocenters. The Labute approximate surface area is 248 Å². The van der Waals surface area contributed by atoms with Crippen LogP contribution in [0.15, 0.2) is 0 Å². The molecule has 232 valence electrons. The number of likely N-dealkylation sites (tertiary alicyclic amines) is 1. The topological polar surface area (TPSA) is 68.2 Å². The summed E-state index contributed by atoms with van der Waals surface area (Å²) < 4.78 is 19.3. The van der Waals surface area contributed by atoms with E-state index in [1.165, 1.54) is 44.9 Å². The maximum atomic E-state index is 12.8. The minimum Gasteiger partial charge on any atom is -0.446 e. The van der Waals surface area contributed by atoms with Gasteiger partial charge >= 0.3 is 6.09 Å². The van der Waals surface area contributed by atoms with E-state index >= 15 is 0 Å². The number of carbonyl (C=O) groups excluding carboxylic acids is 1. The Balaban J connectivity index is 1.12. The van der Waals surface area contributed by atoms with Crippen LogP contribution in [0.25, 0.3) is 0 Å². The highest BCUT2D eigenvalue weighted by molar-refractivity contribution is 5.68. The van der Waals surface area contributed by atoms with E-state index in [0.717, 1.165) is 44.7 Å². The van der Waals surface area contributed by atoms with Crippen molar-refractivity contribution in [3.05, 3.63) is 0 Å². The fraction of sp³-hybridized carbons (Fsp3) is 0.971. The van der Waals surface area contributed by atoms with Gasteiger partial charge in [0.25, 0.3) is 0 Å². The van der Waals surface area contributed by atoms with Crippen molar-refractivity contribution in [2.75, 3.05) is 19.7 Å². The number of nitrogens with zero attached hydrogens (tertiary/aromatic N) is 1. The van der Waals surface area contributed by atoms with Gasteiger partial charge in [-0.3, -0.25) is 0 Å². The second kappa shape index (κ2) is 9.10. The monoisotopic (exact) mass is 571 g/mol. The third-order valence-electron chi connectivity index (χ3n) is 15.1. The number of fused-ring (bicyclic) bond motifs is 4. The minimum atomic E-state index is -0.912. The molecule has 5 saturated carbocycles. The van der Waals surface area contributed by atoms with E-state index in [1.54, 1.807) is 0 Å². The van der Waals surface area contributed by atoms with Gasteiger partial charge in [-0.05, 0) is 131 Å². The van der Waals surface area contributed by atoms with Crippen LogP contribution < -0.4 is 0 Å². The molecule has 2 unspecified atom stereocenters. The molecular formula is C35H57NO5. The van der Waals surface area contributed by atoms with Crippen molar-refractivity contribution in [1.82, 2.24) is 4.90 Å². The Bertz CT molecular complexity index is 1070. The van der Waals surface area contributed by atoms with Gasteiger partial charge in [-0.25, -0.2) is 4.79 Å². The molecule has 5 aliphatic carbocycles. The molecule has 41 heavy (non-hydrogen) atoms. The van der Waals surface area contributed by atoms with E-state index < -0.39 is 5.60 Å². The molecule has 7 rings (SSSR count). The summed E-state index contributed by atoms with van der Waals surface area (Å²) in [4.78, 5) is 14.7. The lowest BCUT2D eigenvalue weighted by Crippen LogP contribution is -2.58. The smallest absolute Gasteiger partial charge is 0.410 e. The summed E-state index contributed by atoms with van der Waals surface area (Å²) in [6, 6.07) is 0. The quantitative estimate of drug-likeness (QED) is 0.386. The maximum absolute atomic E-state index is 12.8. The van der Waals surface area contributed by atoms with Crippen LogP contribution in [0.5, 0.6) is 0 Å². The van der Waals surface area contributed by atoms with Crippen molar-refractivity contribution in [3.8, 4) is 0 Å². The molecule has 2 aliphatic heterocycles. The molecule has 7 aliphatic rings.